The molecule has 0 bridgehead atoms. The highest BCUT2D eigenvalue weighted by atomic mass is 16.8. The molecule has 6 saturated heterocycles. The van der Waals surface area contributed by atoms with Gasteiger partial charge in [0.05, 0.1) is 49.2 Å². The zero-order chi connectivity index (χ0) is 52.0. The van der Waals surface area contributed by atoms with Crippen molar-refractivity contribution < 1.29 is 133 Å². The third-order valence-electron chi connectivity index (χ3n) is 13.4. The van der Waals surface area contributed by atoms with Crippen LogP contribution in [0.25, 0.3) is 0 Å². The number of aliphatic hydroxyl groups excluding tert-OH is 14. The maximum Gasteiger partial charge on any atom is 0.217 e. The number of amides is 2. The summed E-state index contributed by atoms with van der Waals surface area (Å²) >= 11 is 0. The molecule has 29 heteroatoms. The van der Waals surface area contributed by atoms with Crippen LogP contribution in [0, 0.1) is 0 Å². The molecule has 2 amide bonds. The van der Waals surface area contributed by atoms with Gasteiger partial charge < -0.3 is 134 Å². The standard InChI is InChI=1S/C41H70N2O27/c1-9-19(48)17(42-14(6)45)31(66-37-29(58)24(53)21(50)11(3)60-37)38(61-9)67-32-18(43-15(7)46)20(49)10(2)62-39(32)69-35-26(55)23(52)13(5)64-41(35)70-34-25(54)22(51)12(4)63-40(34)68-33-27(56)28(57)36(59)65-30(33)16(47)8-44/h9-13,16-41,44,47-59H,8H2,1-7H3,(H,42,45)(H,43,46)/t9-,10-,11-,12-,13-,16-,17+,18+,19-,20-,21-,22-,23-,24+,25+,26+,27-,28+,29+,30-,31-,32-,33+,34+,35+,36+,37-,38+,39+,40-,41-/m1/s1. The predicted octanol–water partition coefficient (Wildman–Crippen LogP) is -9.31. The molecule has 6 aliphatic rings. The van der Waals surface area contributed by atoms with E-state index in [1.165, 1.54) is 34.6 Å². The fourth-order valence-electron chi connectivity index (χ4n) is 9.23. The van der Waals surface area contributed by atoms with Gasteiger partial charge in [0.1, 0.15) is 110 Å². The Kier molecular flexibility index (Phi) is 19.3. The van der Waals surface area contributed by atoms with E-state index in [0.717, 1.165) is 13.8 Å². The fourth-order valence-corrected chi connectivity index (χ4v) is 9.23. The number of ether oxygens (including phenoxy) is 11. The Morgan fingerprint density at radius 2 is 0.729 bits per heavy atom. The van der Waals surface area contributed by atoms with Crippen molar-refractivity contribution in [2.45, 2.75) is 239 Å². The molecule has 0 aliphatic carbocycles. The van der Waals surface area contributed by atoms with Gasteiger partial charge in [-0.15, -0.1) is 0 Å². The summed E-state index contributed by atoms with van der Waals surface area (Å²) < 4.78 is 65.8. The van der Waals surface area contributed by atoms with Gasteiger partial charge in [-0.2, -0.15) is 0 Å². The first-order valence-electron chi connectivity index (χ1n) is 23.0. The molecule has 0 aromatic carbocycles. The number of carbonyl (C=O) groups is 2. The maximum atomic E-state index is 12.8. The Morgan fingerprint density at radius 1 is 0.414 bits per heavy atom. The Bertz CT molecular complexity index is 1710. The summed E-state index contributed by atoms with van der Waals surface area (Å²) in [6, 6.07) is -2.95. The average molecular weight is 1020 g/mol. The molecule has 16 N–H and O–H groups in total. The molecule has 0 spiro atoms. The van der Waals surface area contributed by atoms with E-state index in [-0.39, 0.29) is 0 Å². The van der Waals surface area contributed by atoms with Crippen LogP contribution in [0.4, 0.5) is 0 Å². The maximum absolute atomic E-state index is 12.8. The van der Waals surface area contributed by atoms with E-state index in [1.807, 2.05) is 0 Å². The lowest BCUT2D eigenvalue weighted by Gasteiger charge is -2.51. The van der Waals surface area contributed by atoms with Crippen LogP contribution in [-0.4, -0.2) is 280 Å². The number of hydrogen-bond acceptors (Lipinski definition) is 27. The third-order valence-corrected chi connectivity index (χ3v) is 13.4. The van der Waals surface area contributed by atoms with E-state index < -0.39 is 209 Å². The molecule has 31 atom stereocenters. The van der Waals surface area contributed by atoms with Crippen molar-refractivity contribution in [1.29, 1.82) is 0 Å². The topological polar surface area (TPSA) is 443 Å². The first-order chi connectivity index (χ1) is 32.8. The first-order valence-corrected chi connectivity index (χ1v) is 23.0. The van der Waals surface area contributed by atoms with Crippen molar-refractivity contribution in [2.75, 3.05) is 6.61 Å². The molecule has 0 unspecified atom stereocenters. The van der Waals surface area contributed by atoms with E-state index in [9.17, 15) is 81.1 Å². The highest BCUT2D eigenvalue weighted by molar-refractivity contribution is 5.73. The first kappa shape index (κ1) is 57.2. The zero-order valence-corrected chi connectivity index (χ0v) is 39.2. The van der Waals surface area contributed by atoms with Crippen LogP contribution < -0.4 is 10.6 Å². The van der Waals surface area contributed by atoms with Gasteiger partial charge in [-0.1, -0.05) is 0 Å². The third kappa shape index (κ3) is 12.0. The normalized spacial score (nSPS) is 51.8. The molecule has 0 aromatic rings. The van der Waals surface area contributed by atoms with E-state index in [1.54, 1.807) is 0 Å². The summed E-state index contributed by atoms with van der Waals surface area (Å²) in [7, 11) is 0. The van der Waals surface area contributed by atoms with Crippen molar-refractivity contribution in [2.24, 2.45) is 0 Å². The molecule has 6 rings (SSSR count). The quantitative estimate of drug-likeness (QED) is 0.0768. The Balaban J connectivity index is 1.35. The Hall–Kier alpha value is -2.06. The highest BCUT2D eigenvalue weighted by Gasteiger charge is 2.58. The number of nitrogens with one attached hydrogen (secondary N) is 2. The lowest BCUT2D eigenvalue weighted by Crippen LogP contribution is -2.70. The molecular formula is C41H70N2O27. The summed E-state index contributed by atoms with van der Waals surface area (Å²) in [5.74, 6) is -1.40. The molecule has 0 aromatic heterocycles. The van der Waals surface area contributed by atoms with Crippen LogP contribution >= 0.6 is 0 Å². The van der Waals surface area contributed by atoms with E-state index >= 15 is 0 Å². The van der Waals surface area contributed by atoms with Crippen molar-refractivity contribution in [3.05, 3.63) is 0 Å². The summed E-state index contributed by atoms with van der Waals surface area (Å²) in [4.78, 5) is 25.3. The van der Waals surface area contributed by atoms with Crippen LogP contribution in [0.3, 0.4) is 0 Å². The smallest absolute Gasteiger partial charge is 0.217 e. The highest BCUT2D eigenvalue weighted by Crippen LogP contribution is 2.38. The van der Waals surface area contributed by atoms with E-state index in [4.69, 9.17) is 52.1 Å². The minimum absolute atomic E-state index is 0.683. The minimum atomic E-state index is -2.05. The van der Waals surface area contributed by atoms with Crippen molar-refractivity contribution in [1.82, 2.24) is 10.6 Å². The van der Waals surface area contributed by atoms with Crippen LogP contribution in [0.1, 0.15) is 48.5 Å². The monoisotopic (exact) mass is 1020 g/mol. The lowest BCUT2D eigenvalue weighted by molar-refractivity contribution is -0.406. The van der Waals surface area contributed by atoms with Gasteiger partial charge in [-0.25, -0.2) is 0 Å². The van der Waals surface area contributed by atoms with E-state index in [0.29, 0.717) is 0 Å². The molecule has 0 saturated carbocycles. The molecule has 6 heterocycles. The van der Waals surface area contributed by atoms with Gasteiger partial charge in [0.25, 0.3) is 0 Å². The number of rotatable bonds is 14. The van der Waals surface area contributed by atoms with Crippen molar-refractivity contribution >= 4 is 11.8 Å². The van der Waals surface area contributed by atoms with Gasteiger partial charge in [-0.3, -0.25) is 9.59 Å². The predicted molar refractivity (Wildman–Crippen MR) is 221 cm³/mol. The summed E-state index contributed by atoms with van der Waals surface area (Å²) in [6.07, 6.45) is -50.1. The Labute approximate surface area is 400 Å². The van der Waals surface area contributed by atoms with Crippen molar-refractivity contribution in [3.63, 3.8) is 0 Å². The molecule has 406 valence electrons. The largest absolute Gasteiger partial charge is 0.394 e. The molecular weight excluding hydrogens is 952 g/mol. The number of carbonyl (C=O) groups excluding carboxylic acids is 2. The second-order valence-corrected chi connectivity index (χ2v) is 18.6. The SMILES string of the molecule is CC(=O)N[C@H]1[C@H](O)[C@@H](C)O[C@@H](O[C@H]2[C@H](O[C@@H]3[C@@H](O[C@@H]4[C@@H](O[C@H]5[C@H](O)[C@H](O)[C@@H](O)O[C@@H]5[C@H](O)CO)O[C@H](C)[C@@H](O)[C@@H]4O)O[C@H](C)[C@@H](O)[C@@H]3O)O[C@H](C)[C@@H](O)[C@@H]2NC(C)=O)[C@@H]1O[C@H]1O[C@H](C)[C@@H](O)[C@H](O)[C@@H]1O. The van der Waals surface area contributed by atoms with Crippen LogP contribution in [-0.2, 0) is 61.7 Å². The summed E-state index contributed by atoms with van der Waals surface area (Å²) in [5, 5.41) is 157. The molecule has 6 fully saturated rings. The molecule has 0 radical (unpaired) electrons. The van der Waals surface area contributed by atoms with Gasteiger partial charge >= 0.3 is 0 Å². The summed E-state index contributed by atoms with van der Waals surface area (Å²) in [6.45, 7) is 8.04. The van der Waals surface area contributed by atoms with E-state index in [2.05, 4.69) is 10.6 Å². The van der Waals surface area contributed by atoms with Gasteiger partial charge in [0.15, 0.2) is 37.7 Å². The van der Waals surface area contributed by atoms with Crippen molar-refractivity contribution in [3.8, 4) is 0 Å². The van der Waals surface area contributed by atoms with Crippen LogP contribution in [0.2, 0.25) is 0 Å². The number of aliphatic hydroxyl groups is 14. The fraction of sp³-hybridized carbons (Fsp3) is 0.951. The zero-order valence-electron chi connectivity index (χ0n) is 39.2. The summed E-state index contributed by atoms with van der Waals surface area (Å²) in [5.41, 5.74) is 0. The van der Waals surface area contributed by atoms with Gasteiger partial charge in [0, 0.05) is 13.8 Å². The molecule has 29 nitrogen and oxygen atoms in total. The second kappa shape index (κ2) is 23.6. The molecule has 70 heavy (non-hydrogen) atoms. The van der Waals surface area contributed by atoms with Gasteiger partial charge in [0.2, 0.25) is 11.8 Å². The number of hydrogen-bond donors (Lipinski definition) is 16. The molecule has 6 aliphatic heterocycles. The lowest BCUT2D eigenvalue weighted by atomic mass is 9.93. The minimum Gasteiger partial charge on any atom is -0.394 e. The van der Waals surface area contributed by atoms with Crippen LogP contribution in [0.5, 0.6) is 0 Å². The van der Waals surface area contributed by atoms with Crippen LogP contribution in [0.15, 0.2) is 0 Å². The average Bonchev–Trinajstić information content (AvgIpc) is 3.30. The second-order valence-electron chi connectivity index (χ2n) is 18.6. The van der Waals surface area contributed by atoms with Gasteiger partial charge in [-0.05, 0) is 34.6 Å². The Morgan fingerprint density at radius 3 is 1.13 bits per heavy atom.